The van der Waals surface area contributed by atoms with Crippen LogP contribution < -0.4 is 10.1 Å². The first kappa shape index (κ1) is 15.1. The molecule has 0 radical (unpaired) electrons. The number of ether oxygens (including phenoxy) is 1. The van der Waals surface area contributed by atoms with E-state index in [4.69, 9.17) is 9.29 Å². The van der Waals surface area contributed by atoms with Crippen molar-refractivity contribution in [3.8, 4) is 5.75 Å². The standard InChI is InChI=1S/C11H13NO6S/c1-8(13)18-10-5-3-2-4-9(10)11(14)12-6-7-19(15,16)17/h2-5H,6-7H2,1H3,(H,12,14)(H,15,16,17). The molecule has 1 aromatic carbocycles. The Kier molecular flexibility index (Phi) is 5.02. The first-order chi connectivity index (χ1) is 8.79. The number of benzene rings is 1. The van der Waals surface area contributed by atoms with E-state index in [1.54, 1.807) is 12.1 Å². The van der Waals surface area contributed by atoms with Gasteiger partial charge in [0, 0.05) is 13.5 Å². The van der Waals surface area contributed by atoms with Gasteiger partial charge in [0.2, 0.25) is 0 Å². The molecule has 0 aliphatic heterocycles. The molecule has 0 heterocycles. The van der Waals surface area contributed by atoms with Crippen molar-refractivity contribution < 1.29 is 27.3 Å². The molecule has 0 bridgehead atoms. The Labute approximate surface area is 110 Å². The summed E-state index contributed by atoms with van der Waals surface area (Å²) in [5, 5.41) is 2.30. The van der Waals surface area contributed by atoms with E-state index in [9.17, 15) is 18.0 Å². The number of rotatable bonds is 5. The Bertz CT molecular complexity index is 581. The van der Waals surface area contributed by atoms with Crippen molar-refractivity contribution in [3.63, 3.8) is 0 Å². The second kappa shape index (κ2) is 6.30. The quantitative estimate of drug-likeness (QED) is 0.456. The van der Waals surface area contributed by atoms with Crippen molar-refractivity contribution in [2.75, 3.05) is 12.3 Å². The normalized spacial score (nSPS) is 10.8. The smallest absolute Gasteiger partial charge is 0.308 e. The van der Waals surface area contributed by atoms with Crippen molar-refractivity contribution in [3.05, 3.63) is 29.8 Å². The Morgan fingerprint density at radius 2 is 1.95 bits per heavy atom. The van der Waals surface area contributed by atoms with Gasteiger partial charge in [-0.15, -0.1) is 0 Å². The van der Waals surface area contributed by atoms with Gasteiger partial charge in [0.05, 0.1) is 11.3 Å². The Morgan fingerprint density at radius 3 is 2.53 bits per heavy atom. The highest BCUT2D eigenvalue weighted by molar-refractivity contribution is 7.85. The number of carbonyl (C=O) groups excluding carboxylic acids is 2. The van der Waals surface area contributed by atoms with Gasteiger partial charge in [-0.25, -0.2) is 0 Å². The lowest BCUT2D eigenvalue weighted by molar-refractivity contribution is -0.131. The van der Waals surface area contributed by atoms with Gasteiger partial charge in [-0.3, -0.25) is 14.1 Å². The van der Waals surface area contributed by atoms with Crippen LogP contribution in [0.4, 0.5) is 0 Å². The molecule has 7 nitrogen and oxygen atoms in total. The fourth-order valence-electron chi connectivity index (χ4n) is 1.29. The summed E-state index contributed by atoms with van der Waals surface area (Å²) in [5.74, 6) is -1.67. The molecule has 0 saturated carbocycles. The Balaban J connectivity index is 2.74. The summed E-state index contributed by atoms with van der Waals surface area (Å²) in [7, 11) is -4.13. The highest BCUT2D eigenvalue weighted by Gasteiger charge is 2.14. The summed E-state index contributed by atoms with van der Waals surface area (Å²) < 4.78 is 34.4. The van der Waals surface area contributed by atoms with E-state index in [2.05, 4.69) is 5.32 Å². The van der Waals surface area contributed by atoms with E-state index < -0.39 is 27.7 Å². The first-order valence-electron chi connectivity index (χ1n) is 5.30. The van der Waals surface area contributed by atoms with E-state index in [1.165, 1.54) is 19.1 Å². The fourth-order valence-corrected chi connectivity index (χ4v) is 1.65. The number of para-hydroxylation sites is 1. The lowest BCUT2D eigenvalue weighted by atomic mass is 10.2. The topological polar surface area (TPSA) is 110 Å². The van der Waals surface area contributed by atoms with Crippen molar-refractivity contribution in [2.24, 2.45) is 0 Å². The monoisotopic (exact) mass is 287 g/mol. The fraction of sp³-hybridized carbons (Fsp3) is 0.273. The third-order valence-electron chi connectivity index (χ3n) is 2.03. The SMILES string of the molecule is CC(=O)Oc1ccccc1C(=O)NCCS(=O)(=O)O. The van der Waals surface area contributed by atoms with Crippen LogP contribution in [-0.4, -0.2) is 37.1 Å². The van der Waals surface area contributed by atoms with E-state index in [1.807, 2.05) is 0 Å². The van der Waals surface area contributed by atoms with Gasteiger partial charge in [0.1, 0.15) is 5.75 Å². The average Bonchev–Trinajstić information content (AvgIpc) is 2.27. The molecule has 2 N–H and O–H groups in total. The van der Waals surface area contributed by atoms with Crippen LogP contribution in [0, 0.1) is 0 Å². The summed E-state index contributed by atoms with van der Waals surface area (Å²) in [6.07, 6.45) is 0. The molecule has 0 atom stereocenters. The lowest BCUT2D eigenvalue weighted by Crippen LogP contribution is -2.29. The highest BCUT2D eigenvalue weighted by Crippen LogP contribution is 2.17. The van der Waals surface area contributed by atoms with Gasteiger partial charge in [0.15, 0.2) is 0 Å². The lowest BCUT2D eigenvalue weighted by Gasteiger charge is -2.08. The van der Waals surface area contributed by atoms with E-state index >= 15 is 0 Å². The molecular weight excluding hydrogens is 274 g/mol. The summed E-state index contributed by atoms with van der Waals surface area (Å²) in [5.41, 5.74) is 0.105. The predicted molar refractivity (Wildman–Crippen MR) is 66.5 cm³/mol. The Morgan fingerprint density at radius 1 is 1.32 bits per heavy atom. The zero-order valence-corrected chi connectivity index (χ0v) is 10.9. The molecule has 0 aliphatic carbocycles. The number of amides is 1. The van der Waals surface area contributed by atoms with Crippen LogP contribution in [0.1, 0.15) is 17.3 Å². The molecule has 1 rings (SSSR count). The van der Waals surface area contributed by atoms with E-state index in [0.29, 0.717) is 0 Å². The molecule has 0 aromatic heterocycles. The second-order valence-corrected chi connectivity index (χ2v) is 5.20. The number of nitrogens with one attached hydrogen (secondary N) is 1. The summed E-state index contributed by atoms with van der Waals surface area (Å²) >= 11 is 0. The first-order valence-corrected chi connectivity index (χ1v) is 6.91. The van der Waals surface area contributed by atoms with Crippen LogP contribution in [0.25, 0.3) is 0 Å². The molecule has 104 valence electrons. The summed E-state index contributed by atoms with van der Waals surface area (Å²) in [6, 6.07) is 6.04. The van der Waals surface area contributed by atoms with Crippen molar-refractivity contribution in [1.82, 2.24) is 5.32 Å². The van der Waals surface area contributed by atoms with Crippen LogP contribution in [0.15, 0.2) is 24.3 Å². The maximum absolute atomic E-state index is 11.8. The maximum atomic E-state index is 11.8. The number of carbonyl (C=O) groups is 2. The van der Waals surface area contributed by atoms with Crippen LogP contribution in [0.3, 0.4) is 0 Å². The van der Waals surface area contributed by atoms with Gasteiger partial charge in [-0.1, -0.05) is 12.1 Å². The molecule has 0 fully saturated rings. The van der Waals surface area contributed by atoms with Gasteiger partial charge in [0.25, 0.3) is 16.0 Å². The summed E-state index contributed by atoms with van der Waals surface area (Å²) in [6.45, 7) is 0.957. The van der Waals surface area contributed by atoms with Crippen molar-refractivity contribution >= 4 is 22.0 Å². The molecule has 1 aromatic rings. The van der Waals surface area contributed by atoms with E-state index in [-0.39, 0.29) is 17.9 Å². The molecular formula is C11H13NO6S. The van der Waals surface area contributed by atoms with Gasteiger partial charge in [-0.05, 0) is 12.1 Å². The maximum Gasteiger partial charge on any atom is 0.308 e. The van der Waals surface area contributed by atoms with Gasteiger partial charge in [-0.2, -0.15) is 8.42 Å². The minimum absolute atomic E-state index is 0.0827. The summed E-state index contributed by atoms with van der Waals surface area (Å²) in [4.78, 5) is 22.6. The molecule has 1 amide bonds. The average molecular weight is 287 g/mol. The van der Waals surface area contributed by atoms with Gasteiger partial charge < -0.3 is 10.1 Å². The molecule has 0 spiro atoms. The van der Waals surface area contributed by atoms with E-state index in [0.717, 1.165) is 0 Å². The number of hydrogen-bond donors (Lipinski definition) is 2. The highest BCUT2D eigenvalue weighted by atomic mass is 32.2. The third-order valence-corrected chi connectivity index (χ3v) is 2.75. The van der Waals surface area contributed by atoms with Crippen molar-refractivity contribution in [2.45, 2.75) is 6.92 Å². The largest absolute Gasteiger partial charge is 0.426 e. The third kappa shape index (κ3) is 5.49. The van der Waals surface area contributed by atoms with Crippen molar-refractivity contribution in [1.29, 1.82) is 0 Å². The molecule has 0 aliphatic rings. The van der Waals surface area contributed by atoms with Crippen LogP contribution in [-0.2, 0) is 14.9 Å². The predicted octanol–water partition coefficient (Wildman–Crippen LogP) is 0.229. The number of esters is 1. The molecule has 19 heavy (non-hydrogen) atoms. The zero-order valence-electron chi connectivity index (χ0n) is 10.1. The van der Waals surface area contributed by atoms with Crippen LogP contribution in [0.2, 0.25) is 0 Å². The molecule has 8 heteroatoms. The van der Waals surface area contributed by atoms with Crippen LogP contribution >= 0.6 is 0 Å². The Hall–Kier alpha value is -1.93. The second-order valence-electron chi connectivity index (χ2n) is 3.63. The minimum Gasteiger partial charge on any atom is -0.426 e. The number of hydrogen-bond acceptors (Lipinski definition) is 5. The van der Waals surface area contributed by atoms with Crippen LogP contribution in [0.5, 0.6) is 5.75 Å². The molecule has 0 unspecified atom stereocenters. The molecule has 0 saturated heterocycles. The zero-order chi connectivity index (χ0) is 14.5. The van der Waals surface area contributed by atoms with Gasteiger partial charge >= 0.3 is 5.97 Å². The minimum atomic E-state index is -4.13.